The van der Waals surface area contributed by atoms with Crippen LogP contribution in [0.5, 0.6) is 11.5 Å². The van der Waals surface area contributed by atoms with Crippen LogP contribution in [0.2, 0.25) is 0 Å². The highest BCUT2D eigenvalue weighted by molar-refractivity contribution is 6.39. The minimum Gasteiger partial charge on any atom is -0.494 e. The van der Waals surface area contributed by atoms with E-state index in [4.69, 9.17) is 9.47 Å². The molecular formula is C21H20N2O5. The van der Waals surface area contributed by atoms with Crippen molar-refractivity contribution in [2.45, 2.75) is 13.8 Å². The number of benzene rings is 2. The van der Waals surface area contributed by atoms with Crippen LogP contribution in [0, 0.1) is 0 Å². The van der Waals surface area contributed by atoms with E-state index in [2.05, 4.69) is 5.32 Å². The van der Waals surface area contributed by atoms with Crippen LogP contribution in [0.25, 0.3) is 6.08 Å². The predicted octanol–water partition coefficient (Wildman–Crippen LogP) is 3.15. The smallest absolute Gasteiger partial charge is 0.336 e. The van der Waals surface area contributed by atoms with Crippen molar-refractivity contribution >= 4 is 29.6 Å². The maximum absolute atomic E-state index is 13.0. The molecule has 144 valence electrons. The molecule has 28 heavy (non-hydrogen) atoms. The average molecular weight is 380 g/mol. The van der Waals surface area contributed by atoms with Crippen LogP contribution in [0.3, 0.4) is 0 Å². The molecule has 0 unspecified atom stereocenters. The number of hydrogen-bond donors (Lipinski definition) is 1. The molecule has 1 fully saturated rings. The molecule has 0 aromatic heterocycles. The topological polar surface area (TPSA) is 84.9 Å². The largest absolute Gasteiger partial charge is 0.494 e. The number of nitrogens with zero attached hydrogens (tertiary/aromatic N) is 1. The first-order valence-corrected chi connectivity index (χ1v) is 8.91. The molecule has 0 aliphatic carbocycles. The Balaban J connectivity index is 1.96. The summed E-state index contributed by atoms with van der Waals surface area (Å²) in [6, 6.07) is 12.8. The van der Waals surface area contributed by atoms with Crippen molar-refractivity contribution in [1.82, 2.24) is 5.32 Å². The van der Waals surface area contributed by atoms with Crippen LogP contribution < -0.4 is 19.7 Å². The SMILES string of the molecule is CCOc1ccc(/C=C2\C(=O)NC(=O)N(c3ccccc3OCC)C2=O)cc1. The lowest BCUT2D eigenvalue weighted by Crippen LogP contribution is -2.54. The molecule has 1 heterocycles. The highest BCUT2D eigenvalue weighted by Crippen LogP contribution is 2.31. The predicted molar refractivity (Wildman–Crippen MR) is 104 cm³/mol. The van der Waals surface area contributed by atoms with Crippen LogP contribution >= 0.6 is 0 Å². The van der Waals surface area contributed by atoms with Gasteiger partial charge in [0.25, 0.3) is 11.8 Å². The molecule has 0 bridgehead atoms. The molecule has 1 saturated heterocycles. The Kier molecular flexibility index (Phi) is 5.74. The third kappa shape index (κ3) is 3.88. The summed E-state index contributed by atoms with van der Waals surface area (Å²) < 4.78 is 10.9. The molecule has 1 N–H and O–H groups in total. The molecule has 7 nitrogen and oxygen atoms in total. The molecule has 0 spiro atoms. The lowest BCUT2D eigenvalue weighted by Gasteiger charge is -2.27. The van der Waals surface area contributed by atoms with Gasteiger partial charge in [0.2, 0.25) is 0 Å². The molecular weight excluding hydrogens is 360 g/mol. The van der Waals surface area contributed by atoms with Crippen molar-refractivity contribution in [3.8, 4) is 11.5 Å². The molecule has 2 aromatic rings. The van der Waals surface area contributed by atoms with Crippen molar-refractivity contribution in [2.75, 3.05) is 18.1 Å². The van der Waals surface area contributed by atoms with Crippen molar-refractivity contribution < 1.29 is 23.9 Å². The Morgan fingerprint density at radius 1 is 0.929 bits per heavy atom. The summed E-state index contributed by atoms with van der Waals surface area (Å²) >= 11 is 0. The fourth-order valence-electron chi connectivity index (χ4n) is 2.79. The molecule has 3 rings (SSSR count). The van der Waals surface area contributed by atoms with E-state index in [1.54, 1.807) is 55.5 Å². The number of hydrogen-bond acceptors (Lipinski definition) is 5. The van der Waals surface area contributed by atoms with Crippen molar-refractivity contribution in [3.63, 3.8) is 0 Å². The van der Waals surface area contributed by atoms with Crippen molar-refractivity contribution in [3.05, 3.63) is 59.7 Å². The molecule has 1 aliphatic rings. The first-order chi connectivity index (χ1) is 13.5. The van der Waals surface area contributed by atoms with E-state index in [9.17, 15) is 14.4 Å². The van der Waals surface area contributed by atoms with Gasteiger partial charge in [-0.2, -0.15) is 0 Å². The van der Waals surface area contributed by atoms with E-state index in [0.717, 1.165) is 4.90 Å². The third-order valence-electron chi connectivity index (χ3n) is 4.01. The van der Waals surface area contributed by atoms with Gasteiger partial charge >= 0.3 is 6.03 Å². The zero-order valence-corrected chi connectivity index (χ0v) is 15.6. The number of nitrogens with one attached hydrogen (secondary N) is 1. The zero-order valence-electron chi connectivity index (χ0n) is 15.6. The molecule has 0 atom stereocenters. The molecule has 4 amide bonds. The standard InChI is InChI=1S/C21H20N2O5/c1-3-27-15-11-9-14(10-12-15)13-16-19(24)22-21(26)23(20(16)25)17-7-5-6-8-18(17)28-4-2/h5-13H,3-4H2,1-2H3,(H,22,24,26)/b16-13+. The van der Waals surface area contributed by atoms with Gasteiger partial charge < -0.3 is 9.47 Å². The number of para-hydroxylation sites is 2. The summed E-state index contributed by atoms with van der Waals surface area (Å²) in [5.41, 5.74) is 0.765. The second kappa shape index (κ2) is 8.39. The maximum atomic E-state index is 13.0. The first kappa shape index (κ1) is 19.2. The van der Waals surface area contributed by atoms with Crippen molar-refractivity contribution in [1.29, 1.82) is 0 Å². The van der Waals surface area contributed by atoms with Crippen LogP contribution in [0.15, 0.2) is 54.1 Å². The van der Waals surface area contributed by atoms with Gasteiger partial charge in [0, 0.05) is 0 Å². The van der Waals surface area contributed by atoms with Gasteiger partial charge in [-0.3, -0.25) is 14.9 Å². The molecule has 0 saturated carbocycles. The lowest BCUT2D eigenvalue weighted by atomic mass is 10.1. The van der Waals surface area contributed by atoms with E-state index in [-0.39, 0.29) is 11.3 Å². The average Bonchev–Trinajstić information content (AvgIpc) is 2.68. The number of amides is 4. The maximum Gasteiger partial charge on any atom is 0.336 e. The number of rotatable bonds is 6. The Morgan fingerprint density at radius 3 is 2.29 bits per heavy atom. The zero-order chi connectivity index (χ0) is 20.1. The van der Waals surface area contributed by atoms with Crippen LogP contribution in [-0.2, 0) is 9.59 Å². The van der Waals surface area contributed by atoms with Crippen LogP contribution in [-0.4, -0.2) is 31.1 Å². The highest BCUT2D eigenvalue weighted by atomic mass is 16.5. The van der Waals surface area contributed by atoms with E-state index in [0.29, 0.717) is 30.3 Å². The monoisotopic (exact) mass is 380 g/mol. The third-order valence-corrected chi connectivity index (χ3v) is 4.01. The second-order valence-electron chi connectivity index (χ2n) is 5.86. The quantitative estimate of drug-likeness (QED) is 0.615. The number of carbonyl (C=O) groups is 3. The van der Waals surface area contributed by atoms with Gasteiger partial charge in [0.15, 0.2) is 0 Å². The van der Waals surface area contributed by atoms with Gasteiger partial charge in [0.05, 0.1) is 18.9 Å². The van der Waals surface area contributed by atoms with E-state index >= 15 is 0 Å². The molecule has 1 aliphatic heterocycles. The molecule has 0 radical (unpaired) electrons. The Labute approximate surface area is 162 Å². The van der Waals surface area contributed by atoms with Gasteiger partial charge in [0.1, 0.15) is 17.1 Å². The fourth-order valence-corrected chi connectivity index (χ4v) is 2.79. The van der Waals surface area contributed by atoms with Gasteiger partial charge in [-0.15, -0.1) is 0 Å². The summed E-state index contributed by atoms with van der Waals surface area (Å²) in [5, 5.41) is 2.21. The van der Waals surface area contributed by atoms with Crippen LogP contribution in [0.4, 0.5) is 10.5 Å². The van der Waals surface area contributed by atoms with Crippen molar-refractivity contribution in [2.24, 2.45) is 0 Å². The van der Waals surface area contributed by atoms with Gasteiger partial charge in [-0.1, -0.05) is 24.3 Å². The fraction of sp³-hybridized carbons (Fsp3) is 0.190. The van der Waals surface area contributed by atoms with Gasteiger partial charge in [-0.25, -0.2) is 9.69 Å². The Morgan fingerprint density at radius 2 is 1.61 bits per heavy atom. The minimum atomic E-state index is -0.814. The summed E-state index contributed by atoms with van der Waals surface area (Å²) in [7, 11) is 0. The number of carbonyl (C=O) groups excluding carboxylic acids is 3. The first-order valence-electron chi connectivity index (χ1n) is 8.91. The highest BCUT2D eigenvalue weighted by Gasteiger charge is 2.38. The lowest BCUT2D eigenvalue weighted by molar-refractivity contribution is -0.122. The van der Waals surface area contributed by atoms with E-state index < -0.39 is 17.8 Å². The summed E-state index contributed by atoms with van der Waals surface area (Å²) in [5.74, 6) is -0.390. The minimum absolute atomic E-state index is 0.143. The summed E-state index contributed by atoms with van der Waals surface area (Å²) in [6.45, 7) is 4.59. The molecule has 7 heteroatoms. The number of urea groups is 1. The van der Waals surface area contributed by atoms with E-state index in [1.807, 2.05) is 6.92 Å². The second-order valence-corrected chi connectivity index (χ2v) is 5.86. The number of anilines is 1. The van der Waals surface area contributed by atoms with Gasteiger partial charge in [-0.05, 0) is 49.8 Å². The Bertz CT molecular complexity index is 934. The Hall–Kier alpha value is -3.61. The van der Waals surface area contributed by atoms with E-state index in [1.165, 1.54) is 6.08 Å². The summed E-state index contributed by atoms with van der Waals surface area (Å²) in [4.78, 5) is 38.5. The normalized spacial score (nSPS) is 15.6. The van der Waals surface area contributed by atoms with Crippen LogP contribution in [0.1, 0.15) is 19.4 Å². The summed E-state index contributed by atoms with van der Waals surface area (Å²) in [6.07, 6.45) is 1.44. The number of barbiturate groups is 1. The number of ether oxygens (including phenoxy) is 2. The number of imide groups is 2. The molecule has 2 aromatic carbocycles.